The molecule has 2 amide bonds. The summed E-state index contributed by atoms with van der Waals surface area (Å²) in [5.74, 6) is -0.869. The van der Waals surface area contributed by atoms with Gasteiger partial charge in [-0.3, -0.25) is 9.59 Å². The quantitative estimate of drug-likeness (QED) is 0.922. The molecule has 122 valence electrons. The van der Waals surface area contributed by atoms with E-state index in [4.69, 9.17) is 0 Å². The zero-order valence-electron chi connectivity index (χ0n) is 12.6. The summed E-state index contributed by atoms with van der Waals surface area (Å²) in [5.41, 5.74) is 0.518. The van der Waals surface area contributed by atoms with Crippen molar-refractivity contribution in [2.24, 2.45) is 4.99 Å². The van der Waals surface area contributed by atoms with Crippen LogP contribution >= 0.6 is 11.8 Å². The Morgan fingerprint density at radius 2 is 1.96 bits per heavy atom. The van der Waals surface area contributed by atoms with Crippen LogP contribution in [0.4, 0.5) is 10.1 Å². The van der Waals surface area contributed by atoms with Gasteiger partial charge in [-0.1, -0.05) is 11.8 Å². The average Bonchev–Trinajstić information content (AvgIpc) is 2.91. The molecule has 23 heavy (non-hydrogen) atoms. The van der Waals surface area contributed by atoms with E-state index in [-0.39, 0.29) is 24.1 Å². The summed E-state index contributed by atoms with van der Waals surface area (Å²) in [4.78, 5) is 30.3. The van der Waals surface area contributed by atoms with Gasteiger partial charge in [0.15, 0.2) is 5.17 Å². The SMILES string of the molecule is O=C(C[C@@H]1SC(N2CCCCC2)=NC1=O)Nc1ccc(F)cc1. The van der Waals surface area contributed by atoms with E-state index in [1.165, 1.54) is 42.4 Å². The predicted octanol–water partition coefficient (Wildman–Crippen LogP) is 2.64. The first kappa shape index (κ1) is 16.0. The van der Waals surface area contributed by atoms with Crippen molar-refractivity contribution in [2.45, 2.75) is 30.9 Å². The molecule has 0 radical (unpaired) electrons. The van der Waals surface area contributed by atoms with Gasteiger partial charge in [0.1, 0.15) is 11.1 Å². The lowest BCUT2D eigenvalue weighted by molar-refractivity contribution is -0.121. The molecule has 1 saturated heterocycles. The second-order valence-corrected chi connectivity index (χ2v) is 6.82. The second-order valence-electron chi connectivity index (χ2n) is 5.65. The molecular formula is C16H18FN3O2S. The van der Waals surface area contributed by atoms with Crippen LogP contribution in [0.1, 0.15) is 25.7 Å². The molecule has 2 heterocycles. The minimum Gasteiger partial charge on any atom is -0.351 e. The third-order valence-corrected chi connectivity index (χ3v) is 5.07. The molecular weight excluding hydrogens is 317 g/mol. The fourth-order valence-corrected chi connectivity index (χ4v) is 3.76. The molecule has 2 aliphatic rings. The summed E-state index contributed by atoms with van der Waals surface area (Å²) in [6, 6.07) is 5.55. The van der Waals surface area contributed by atoms with E-state index in [1.54, 1.807) is 0 Å². The van der Waals surface area contributed by atoms with E-state index in [9.17, 15) is 14.0 Å². The van der Waals surface area contributed by atoms with Crippen LogP contribution in [-0.4, -0.2) is 40.2 Å². The van der Waals surface area contributed by atoms with Crippen LogP contribution in [0.25, 0.3) is 0 Å². The zero-order valence-corrected chi connectivity index (χ0v) is 13.4. The molecule has 0 aliphatic carbocycles. The average molecular weight is 335 g/mol. The van der Waals surface area contributed by atoms with Crippen molar-refractivity contribution in [3.05, 3.63) is 30.1 Å². The Balaban J connectivity index is 1.53. The van der Waals surface area contributed by atoms with Crippen LogP contribution in [0.2, 0.25) is 0 Å². The number of benzene rings is 1. The number of nitrogens with one attached hydrogen (secondary N) is 1. The Kier molecular flexibility index (Phi) is 4.95. The number of amides is 2. The van der Waals surface area contributed by atoms with Crippen LogP contribution in [0.3, 0.4) is 0 Å². The smallest absolute Gasteiger partial charge is 0.262 e. The molecule has 1 aromatic rings. The number of piperidine rings is 1. The van der Waals surface area contributed by atoms with Gasteiger partial charge in [-0.05, 0) is 43.5 Å². The second kappa shape index (κ2) is 7.12. The van der Waals surface area contributed by atoms with Crippen LogP contribution in [0, 0.1) is 5.82 Å². The number of amidine groups is 1. The monoisotopic (exact) mass is 335 g/mol. The molecule has 1 atom stereocenters. The number of aliphatic imine (C=N–C) groups is 1. The minimum absolute atomic E-state index is 0.0711. The van der Waals surface area contributed by atoms with E-state index in [1.807, 2.05) is 0 Å². The molecule has 2 aliphatic heterocycles. The highest BCUT2D eigenvalue weighted by atomic mass is 32.2. The third kappa shape index (κ3) is 4.10. The summed E-state index contributed by atoms with van der Waals surface area (Å²) in [7, 11) is 0. The topological polar surface area (TPSA) is 61.8 Å². The van der Waals surface area contributed by atoms with E-state index >= 15 is 0 Å². The molecule has 1 aromatic carbocycles. The van der Waals surface area contributed by atoms with Crippen molar-refractivity contribution in [1.82, 2.24) is 4.90 Å². The van der Waals surface area contributed by atoms with Gasteiger partial charge in [0.25, 0.3) is 5.91 Å². The lowest BCUT2D eigenvalue weighted by Gasteiger charge is -2.27. The van der Waals surface area contributed by atoms with E-state index < -0.39 is 5.25 Å². The van der Waals surface area contributed by atoms with Gasteiger partial charge in [-0.25, -0.2) is 4.39 Å². The van der Waals surface area contributed by atoms with Gasteiger partial charge in [-0.15, -0.1) is 0 Å². The maximum Gasteiger partial charge on any atom is 0.262 e. The lowest BCUT2D eigenvalue weighted by Crippen LogP contribution is -2.33. The number of halogens is 1. The van der Waals surface area contributed by atoms with Gasteiger partial charge in [0, 0.05) is 25.2 Å². The number of thioether (sulfide) groups is 1. The molecule has 0 spiro atoms. The van der Waals surface area contributed by atoms with E-state index in [2.05, 4.69) is 15.2 Å². The molecule has 0 unspecified atom stereocenters. The van der Waals surface area contributed by atoms with Gasteiger partial charge < -0.3 is 10.2 Å². The molecule has 5 nitrogen and oxygen atoms in total. The first-order valence-electron chi connectivity index (χ1n) is 7.71. The standard InChI is InChI=1S/C16H18FN3O2S/c17-11-4-6-12(7-5-11)18-14(21)10-13-15(22)19-16(23-13)20-8-2-1-3-9-20/h4-7,13H,1-3,8-10H2,(H,18,21)/t13-/m0/s1. The van der Waals surface area contributed by atoms with Gasteiger partial charge >= 0.3 is 0 Å². The normalized spacial score (nSPS) is 21.3. The summed E-state index contributed by atoms with van der Waals surface area (Å²) >= 11 is 1.37. The van der Waals surface area contributed by atoms with Gasteiger partial charge in [0.2, 0.25) is 5.91 Å². The summed E-state index contributed by atoms with van der Waals surface area (Å²) in [6.45, 7) is 1.85. The van der Waals surface area contributed by atoms with Gasteiger partial charge in [0.05, 0.1) is 0 Å². The summed E-state index contributed by atoms with van der Waals surface area (Å²) in [5, 5.41) is 2.95. The molecule has 3 rings (SSSR count). The Bertz CT molecular complexity index is 627. The maximum absolute atomic E-state index is 12.8. The van der Waals surface area contributed by atoms with Crippen LogP contribution < -0.4 is 5.32 Å². The number of hydrogen-bond acceptors (Lipinski definition) is 4. The van der Waals surface area contributed by atoms with Crippen molar-refractivity contribution >= 4 is 34.4 Å². The van der Waals surface area contributed by atoms with Crippen LogP contribution in [-0.2, 0) is 9.59 Å². The molecule has 7 heteroatoms. The molecule has 1 N–H and O–H groups in total. The number of carbonyl (C=O) groups is 2. The fraction of sp³-hybridized carbons (Fsp3) is 0.438. The van der Waals surface area contributed by atoms with Crippen LogP contribution in [0.5, 0.6) is 0 Å². The lowest BCUT2D eigenvalue weighted by atomic mass is 10.1. The van der Waals surface area contributed by atoms with E-state index in [0.29, 0.717) is 5.69 Å². The summed E-state index contributed by atoms with van der Waals surface area (Å²) < 4.78 is 12.8. The number of rotatable bonds is 3. The van der Waals surface area contributed by atoms with Crippen molar-refractivity contribution in [3.8, 4) is 0 Å². The number of carbonyl (C=O) groups excluding carboxylic acids is 2. The maximum atomic E-state index is 12.8. The number of anilines is 1. The predicted molar refractivity (Wildman–Crippen MR) is 88.9 cm³/mol. The third-order valence-electron chi connectivity index (χ3n) is 3.85. The zero-order chi connectivity index (χ0) is 16.2. The van der Waals surface area contributed by atoms with Gasteiger partial charge in [-0.2, -0.15) is 4.99 Å². The molecule has 0 aromatic heterocycles. The molecule has 0 bridgehead atoms. The highest BCUT2D eigenvalue weighted by Gasteiger charge is 2.33. The van der Waals surface area contributed by atoms with Crippen LogP contribution in [0.15, 0.2) is 29.3 Å². The molecule has 0 saturated carbocycles. The summed E-state index contributed by atoms with van der Waals surface area (Å²) in [6.07, 6.45) is 3.51. The first-order chi connectivity index (χ1) is 11.1. The highest BCUT2D eigenvalue weighted by molar-refractivity contribution is 8.15. The fourth-order valence-electron chi connectivity index (χ4n) is 2.64. The minimum atomic E-state index is -0.465. The largest absolute Gasteiger partial charge is 0.351 e. The van der Waals surface area contributed by atoms with Crippen molar-refractivity contribution in [2.75, 3.05) is 18.4 Å². The Labute approximate surface area is 138 Å². The Hall–Kier alpha value is -1.89. The first-order valence-corrected chi connectivity index (χ1v) is 8.59. The molecule has 1 fully saturated rings. The van der Waals surface area contributed by atoms with Crippen molar-refractivity contribution < 1.29 is 14.0 Å². The highest BCUT2D eigenvalue weighted by Crippen LogP contribution is 2.29. The van der Waals surface area contributed by atoms with E-state index in [0.717, 1.165) is 31.1 Å². The Morgan fingerprint density at radius 3 is 2.65 bits per heavy atom. The van der Waals surface area contributed by atoms with Crippen molar-refractivity contribution in [1.29, 1.82) is 0 Å². The Morgan fingerprint density at radius 1 is 1.26 bits per heavy atom. The number of hydrogen-bond donors (Lipinski definition) is 1. The number of nitrogens with zero attached hydrogens (tertiary/aromatic N) is 2. The number of likely N-dealkylation sites (tertiary alicyclic amines) is 1. The van der Waals surface area contributed by atoms with Crippen molar-refractivity contribution in [3.63, 3.8) is 0 Å².